The van der Waals surface area contributed by atoms with Crippen molar-refractivity contribution < 1.29 is 20.1 Å². The quantitative estimate of drug-likeness (QED) is 0.254. The standard InChI is InChI=1S/C23H42O4/c1-3-5-10-17-23(27,16-4-2)18-15-19-13-14-21(24)20(19)11-8-6-7-9-12-22(25)26/h15,20-21,24,27H,3-14,16-18H2,1-2H3,(H,25,26)/t20-,21-,23?/m1/s1. The van der Waals surface area contributed by atoms with Gasteiger partial charge in [0.1, 0.15) is 0 Å². The number of hydrogen-bond acceptors (Lipinski definition) is 3. The molecule has 0 aromatic rings. The van der Waals surface area contributed by atoms with E-state index in [-0.39, 0.29) is 18.4 Å². The Morgan fingerprint density at radius 1 is 1.07 bits per heavy atom. The zero-order valence-corrected chi connectivity index (χ0v) is 17.6. The Balaban J connectivity index is 2.49. The lowest BCUT2D eigenvalue weighted by Crippen LogP contribution is -2.28. The first-order valence-corrected chi connectivity index (χ1v) is 11.2. The molecule has 158 valence electrons. The number of aliphatic hydroxyl groups excluding tert-OH is 1. The number of rotatable bonds is 15. The van der Waals surface area contributed by atoms with E-state index in [0.717, 1.165) is 70.6 Å². The molecule has 4 heteroatoms. The van der Waals surface area contributed by atoms with Gasteiger partial charge >= 0.3 is 5.97 Å². The lowest BCUT2D eigenvalue weighted by Gasteiger charge is -2.27. The Hall–Kier alpha value is -0.870. The van der Waals surface area contributed by atoms with Gasteiger partial charge < -0.3 is 15.3 Å². The maximum absolute atomic E-state index is 11.0. The van der Waals surface area contributed by atoms with E-state index in [9.17, 15) is 15.0 Å². The molecule has 0 radical (unpaired) electrons. The summed E-state index contributed by atoms with van der Waals surface area (Å²) in [6.45, 7) is 4.32. The van der Waals surface area contributed by atoms with Gasteiger partial charge in [-0.3, -0.25) is 4.79 Å². The van der Waals surface area contributed by atoms with Crippen LogP contribution in [0.5, 0.6) is 0 Å². The van der Waals surface area contributed by atoms with Crippen LogP contribution in [0.4, 0.5) is 0 Å². The Bertz CT molecular complexity index is 446. The predicted molar refractivity (Wildman–Crippen MR) is 111 cm³/mol. The molecule has 1 fully saturated rings. The van der Waals surface area contributed by atoms with E-state index in [1.807, 2.05) is 0 Å². The van der Waals surface area contributed by atoms with Crippen molar-refractivity contribution >= 4 is 5.97 Å². The van der Waals surface area contributed by atoms with Crippen molar-refractivity contribution in [1.82, 2.24) is 0 Å². The largest absolute Gasteiger partial charge is 0.481 e. The van der Waals surface area contributed by atoms with Crippen molar-refractivity contribution in [2.24, 2.45) is 5.92 Å². The molecular formula is C23H42O4. The molecule has 0 saturated heterocycles. The molecular weight excluding hydrogens is 340 g/mol. The second-order valence-corrected chi connectivity index (χ2v) is 8.47. The Kier molecular flexibility index (Phi) is 11.9. The van der Waals surface area contributed by atoms with Gasteiger partial charge in [0.15, 0.2) is 0 Å². The molecule has 0 aromatic heterocycles. The molecule has 1 saturated carbocycles. The fraction of sp³-hybridized carbons (Fsp3) is 0.870. The SMILES string of the molecule is CCCCCC(O)(CC=C1CC[C@@H](O)[C@@H]1CCCCCCC(=O)O)CCC. The second kappa shape index (κ2) is 13.3. The summed E-state index contributed by atoms with van der Waals surface area (Å²) in [7, 11) is 0. The lowest BCUT2D eigenvalue weighted by molar-refractivity contribution is -0.137. The normalized spacial score (nSPS) is 23.6. The monoisotopic (exact) mass is 382 g/mol. The number of carboxylic acids is 1. The maximum Gasteiger partial charge on any atom is 0.303 e. The number of aliphatic hydroxyl groups is 2. The van der Waals surface area contributed by atoms with Crippen LogP contribution in [0.3, 0.4) is 0 Å². The van der Waals surface area contributed by atoms with Crippen molar-refractivity contribution in [3.63, 3.8) is 0 Å². The summed E-state index contributed by atoms with van der Waals surface area (Å²) in [6, 6.07) is 0. The topological polar surface area (TPSA) is 77.8 Å². The fourth-order valence-electron chi connectivity index (χ4n) is 4.39. The first-order chi connectivity index (χ1) is 12.9. The van der Waals surface area contributed by atoms with Crippen LogP contribution < -0.4 is 0 Å². The van der Waals surface area contributed by atoms with Crippen LogP contribution in [0, 0.1) is 5.92 Å². The van der Waals surface area contributed by atoms with Gasteiger partial charge in [0, 0.05) is 12.3 Å². The first-order valence-electron chi connectivity index (χ1n) is 11.2. The Morgan fingerprint density at radius 2 is 1.81 bits per heavy atom. The molecule has 0 aliphatic heterocycles. The molecule has 0 heterocycles. The van der Waals surface area contributed by atoms with Crippen molar-refractivity contribution in [3.05, 3.63) is 11.6 Å². The van der Waals surface area contributed by atoms with Gasteiger partial charge in [-0.2, -0.15) is 0 Å². The summed E-state index contributed by atoms with van der Waals surface area (Å²) in [5.41, 5.74) is 0.740. The third kappa shape index (κ3) is 9.75. The molecule has 4 nitrogen and oxygen atoms in total. The predicted octanol–water partition coefficient (Wildman–Crippen LogP) is 5.61. The summed E-state index contributed by atoms with van der Waals surface area (Å²) >= 11 is 0. The van der Waals surface area contributed by atoms with E-state index in [0.29, 0.717) is 6.42 Å². The van der Waals surface area contributed by atoms with Crippen molar-refractivity contribution in [3.8, 4) is 0 Å². The van der Waals surface area contributed by atoms with E-state index in [2.05, 4.69) is 19.9 Å². The van der Waals surface area contributed by atoms with Gasteiger partial charge in [-0.05, 0) is 44.9 Å². The van der Waals surface area contributed by atoms with Crippen LogP contribution in [0.1, 0.15) is 110 Å². The van der Waals surface area contributed by atoms with Crippen LogP contribution in [0.2, 0.25) is 0 Å². The van der Waals surface area contributed by atoms with E-state index < -0.39 is 11.6 Å². The third-order valence-corrected chi connectivity index (χ3v) is 6.03. The molecule has 1 aliphatic carbocycles. The Labute approximate surface area is 166 Å². The highest BCUT2D eigenvalue weighted by Gasteiger charge is 2.31. The molecule has 1 aliphatic rings. The summed E-state index contributed by atoms with van der Waals surface area (Å²) < 4.78 is 0. The van der Waals surface area contributed by atoms with Gasteiger partial charge in [0.25, 0.3) is 0 Å². The van der Waals surface area contributed by atoms with Crippen LogP contribution >= 0.6 is 0 Å². The van der Waals surface area contributed by atoms with Gasteiger partial charge in [0.05, 0.1) is 11.7 Å². The molecule has 1 rings (SSSR count). The molecule has 3 atom stereocenters. The van der Waals surface area contributed by atoms with E-state index in [4.69, 9.17) is 5.11 Å². The smallest absolute Gasteiger partial charge is 0.303 e. The molecule has 3 N–H and O–H groups in total. The number of hydrogen-bond donors (Lipinski definition) is 3. The minimum atomic E-state index is -0.718. The summed E-state index contributed by atoms with van der Waals surface area (Å²) in [6.07, 6.45) is 15.6. The number of aliphatic carboxylic acids is 1. The minimum absolute atomic E-state index is 0.228. The van der Waals surface area contributed by atoms with Gasteiger partial charge in [-0.15, -0.1) is 0 Å². The number of carbonyl (C=O) groups is 1. The van der Waals surface area contributed by atoms with Crippen molar-refractivity contribution in [1.29, 1.82) is 0 Å². The summed E-state index contributed by atoms with van der Waals surface area (Å²) in [4.78, 5) is 10.5. The number of unbranched alkanes of at least 4 members (excludes halogenated alkanes) is 5. The molecule has 0 amide bonds. The van der Waals surface area contributed by atoms with Crippen LogP contribution in [0.25, 0.3) is 0 Å². The van der Waals surface area contributed by atoms with E-state index in [1.54, 1.807) is 0 Å². The highest BCUT2D eigenvalue weighted by Crippen LogP contribution is 2.37. The summed E-state index contributed by atoms with van der Waals surface area (Å²) in [5, 5.41) is 30.1. The Morgan fingerprint density at radius 3 is 2.48 bits per heavy atom. The summed E-state index contributed by atoms with van der Waals surface area (Å²) in [5.74, 6) is -0.490. The minimum Gasteiger partial charge on any atom is -0.481 e. The highest BCUT2D eigenvalue weighted by atomic mass is 16.4. The zero-order valence-electron chi connectivity index (χ0n) is 17.6. The van der Waals surface area contributed by atoms with E-state index in [1.165, 1.54) is 18.4 Å². The maximum atomic E-state index is 11.0. The first kappa shape index (κ1) is 24.2. The van der Waals surface area contributed by atoms with E-state index >= 15 is 0 Å². The highest BCUT2D eigenvalue weighted by molar-refractivity contribution is 5.66. The average molecular weight is 383 g/mol. The fourth-order valence-corrected chi connectivity index (χ4v) is 4.39. The van der Waals surface area contributed by atoms with Crippen LogP contribution in [-0.4, -0.2) is 33.0 Å². The van der Waals surface area contributed by atoms with Crippen LogP contribution in [0.15, 0.2) is 11.6 Å². The third-order valence-electron chi connectivity index (χ3n) is 6.03. The van der Waals surface area contributed by atoms with Gasteiger partial charge in [-0.25, -0.2) is 0 Å². The second-order valence-electron chi connectivity index (χ2n) is 8.47. The van der Waals surface area contributed by atoms with Gasteiger partial charge in [0.2, 0.25) is 0 Å². The molecule has 27 heavy (non-hydrogen) atoms. The molecule has 1 unspecified atom stereocenters. The molecule has 0 spiro atoms. The lowest BCUT2D eigenvalue weighted by atomic mass is 9.85. The molecule has 0 aromatic carbocycles. The zero-order chi connectivity index (χ0) is 20.1. The average Bonchev–Trinajstić information content (AvgIpc) is 2.96. The van der Waals surface area contributed by atoms with Crippen LogP contribution in [-0.2, 0) is 4.79 Å². The van der Waals surface area contributed by atoms with Crippen molar-refractivity contribution in [2.45, 2.75) is 122 Å². The molecule has 0 bridgehead atoms. The number of carboxylic acid groups (broad SMARTS) is 1. The van der Waals surface area contributed by atoms with Crippen molar-refractivity contribution in [2.75, 3.05) is 0 Å². The van der Waals surface area contributed by atoms with Gasteiger partial charge in [-0.1, -0.05) is 70.4 Å².